The van der Waals surface area contributed by atoms with Crippen molar-refractivity contribution in [3.05, 3.63) is 41.0 Å². The van der Waals surface area contributed by atoms with E-state index in [2.05, 4.69) is 39.5 Å². The summed E-state index contributed by atoms with van der Waals surface area (Å²) in [5.41, 5.74) is 10.5. The van der Waals surface area contributed by atoms with Gasteiger partial charge in [-0.1, -0.05) is 24.3 Å². The minimum atomic E-state index is -0.465. The molecular formula is C30H45N5O4S. The van der Waals surface area contributed by atoms with E-state index < -0.39 is 11.6 Å². The standard InChI is InChI=1S/C18H23N3OS.C12H22N2O3/c1-12(20-18(22)16-5-4-10-21(16)3)14-6-8-15(9-7-14)17-13(2)19-11-23-17;1-12(2,3)17-11(16)14-6-4-9(5-7-14)10(13)8-15/h6-9,11-12,16H,4-5,10H2,1-3H3,(H,20,22);8-10H,4-7,13H2,1-3H3. The van der Waals surface area contributed by atoms with Gasteiger partial charge in [0.1, 0.15) is 11.9 Å². The van der Waals surface area contributed by atoms with E-state index in [4.69, 9.17) is 10.5 Å². The largest absolute Gasteiger partial charge is 0.444 e. The van der Waals surface area contributed by atoms with Crippen molar-refractivity contribution in [2.24, 2.45) is 11.7 Å². The summed E-state index contributed by atoms with van der Waals surface area (Å²) in [6.07, 6.45) is 4.09. The molecule has 2 saturated heterocycles. The SMILES string of the molecule is CC(C)(C)OC(=O)N1CCC(C(N)C=O)CC1.Cc1ncsc1-c1ccc(C(C)NC(=O)C2CCCN2C)cc1. The Bertz CT molecular complexity index is 1120. The molecule has 2 fully saturated rings. The Labute approximate surface area is 242 Å². The van der Waals surface area contributed by atoms with Crippen LogP contribution in [0.3, 0.4) is 0 Å². The van der Waals surface area contributed by atoms with Gasteiger partial charge in [0.15, 0.2) is 0 Å². The average Bonchev–Trinajstić information content (AvgIpc) is 3.55. The highest BCUT2D eigenvalue weighted by Gasteiger charge is 2.30. The molecule has 2 aliphatic heterocycles. The normalized spacial score (nSPS) is 19.8. The maximum absolute atomic E-state index is 12.4. The van der Waals surface area contributed by atoms with Gasteiger partial charge >= 0.3 is 6.09 Å². The van der Waals surface area contributed by atoms with Crippen LogP contribution in [-0.2, 0) is 14.3 Å². The Morgan fingerprint density at radius 3 is 2.30 bits per heavy atom. The minimum Gasteiger partial charge on any atom is -0.444 e. The van der Waals surface area contributed by atoms with Crippen LogP contribution >= 0.6 is 11.3 Å². The Hall–Kier alpha value is -2.82. The zero-order valence-electron chi connectivity index (χ0n) is 24.7. The van der Waals surface area contributed by atoms with Gasteiger partial charge in [-0.15, -0.1) is 11.3 Å². The van der Waals surface area contributed by atoms with E-state index in [0.717, 1.165) is 49.8 Å². The number of likely N-dealkylation sites (tertiary alicyclic amines) is 2. The fourth-order valence-corrected chi connectivity index (χ4v) is 5.85. The number of likely N-dealkylation sites (N-methyl/N-ethyl adjacent to an activating group) is 1. The van der Waals surface area contributed by atoms with Crippen molar-refractivity contribution in [2.45, 2.75) is 84.0 Å². The molecule has 0 aliphatic carbocycles. The molecule has 1 aromatic carbocycles. The van der Waals surface area contributed by atoms with Crippen LogP contribution in [0.1, 0.15) is 70.7 Å². The number of carbonyl (C=O) groups excluding carboxylic acids is 3. The number of nitrogens with two attached hydrogens (primary N) is 1. The van der Waals surface area contributed by atoms with Crippen LogP contribution in [0, 0.1) is 12.8 Å². The van der Waals surface area contributed by atoms with Crippen LogP contribution in [0.25, 0.3) is 10.4 Å². The lowest BCUT2D eigenvalue weighted by Crippen LogP contribution is -2.45. The van der Waals surface area contributed by atoms with Gasteiger partial charge in [-0.25, -0.2) is 9.78 Å². The smallest absolute Gasteiger partial charge is 0.410 e. The lowest BCUT2D eigenvalue weighted by Gasteiger charge is -2.34. The number of carbonyl (C=O) groups is 3. The number of ether oxygens (including phenoxy) is 1. The van der Waals surface area contributed by atoms with Crippen molar-refractivity contribution in [3.8, 4) is 10.4 Å². The molecule has 0 saturated carbocycles. The van der Waals surface area contributed by atoms with Gasteiger partial charge in [-0.3, -0.25) is 9.69 Å². The van der Waals surface area contributed by atoms with Gasteiger partial charge in [0.2, 0.25) is 5.91 Å². The van der Waals surface area contributed by atoms with Crippen molar-refractivity contribution in [1.29, 1.82) is 0 Å². The summed E-state index contributed by atoms with van der Waals surface area (Å²) in [6.45, 7) is 11.8. The summed E-state index contributed by atoms with van der Waals surface area (Å²) in [5.74, 6) is 0.325. The molecule has 2 aliphatic rings. The fraction of sp³-hybridized carbons (Fsp3) is 0.600. The minimum absolute atomic E-state index is 0.0214. The number of thiazole rings is 1. The van der Waals surface area contributed by atoms with Gasteiger partial charge in [0.05, 0.1) is 34.2 Å². The highest BCUT2D eigenvalue weighted by Crippen LogP contribution is 2.28. The number of nitrogens with zero attached hydrogens (tertiary/aromatic N) is 3. The first kappa shape index (κ1) is 31.7. The molecule has 0 radical (unpaired) electrons. The molecule has 0 bridgehead atoms. The predicted molar refractivity (Wildman–Crippen MR) is 159 cm³/mol. The Morgan fingerprint density at radius 2 is 1.80 bits per heavy atom. The molecule has 220 valence electrons. The van der Waals surface area contributed by atoms with E-state index >= 15 is 0 Å². The summed E-state index contributed by atoms with van der Waals surface area (Å²) >= 11 is 1.66. The summed E-state index contributed by atoms with van der Waals surface area (Å²) < 4.78 is 5.29. The molecule has 2 amide bonds. The number of piperidine rings is 1. The number of hydrogen-bond acceptors (Lipinski definition) is 8. The molecule has 10 heteroatoms. The number of benzene rings is 1. The third kappa shape index (κ3) is 8.84. The van der Waals surface area contributed by atoms with Crippen LogP contribution in [0.5, 0.6) is 0 Å². The predicted octanol–water partition coefficient (Wildman–Crippen LogP) is 4.55. The van der Waals surface area contributed by atoms with E-state index in [9.17, 15) is 14.4 Å². The second-order valence-electron chi connectivity index (χ2n) is 11.8. The molecule has 3 atom stereocenters. The number of aryl methyl sites for hydroxylation is 1. The van der Waals surface area contributed by atoms with E-state index in [0.29, 0.717) is 13.1 Å². The molecule has 3 unspecified atom stereocenters. The molecule has 2 aromatic rings. The third-order valence-corrected chi connectivity index (χ3v) is 8.47. The number of nitrogens with one attached hydrogen (secondary N) is 1. The Morgan fingerprint density at radius 1 is 1.15 bits per heavy atom. The summed E-state index contributed by atoms with van der Waals surface area (Å²) in [5, 5.41) is 3.14. The molecule has 0 spiro atoms. The van der Waals surface area contributed by atoms with Crippen LogP contribution in [0.15, 0.2) is 29.8 Å². The Kier molecular flexibility index (Phi) is 11.2. The maximum Gasteiger partial charge on any atom is 0.410 e. The lowest BCUT2D eigenvalue weighted by molar-refractivity contribution is -0.125. The van der Waals surface area contributed by atoms with Gasteiger partial charge in [0.25, 0.3) is 0 Å². The van der Waals surface area contributed by atoms with E-state index in [1.807, 2.05) is 47.2 Å². The monoisotopic (exact) mass is 571 g/mol. The number of aromatic nitrogens is 1. The second kappa shape index (κ2) is 14.2. The molecule has 9 nitrogen and oxygen atoms in total. The number of hydrogen-bond donors (Lipinski definition) is 2. The maximum atomic E-state index is 12.4. The van der Waals surface area contributed by atoms with E-state index in [1.165, 1.54) is 10.4 Å². The van der Waals surface area contributed by atoms with Crippen molar-refractivity contribution in [1.82, 2.24) is 20.1 Å². The highest BCUT2D eigenvalue weighted by atomic mass is 32.1. The molecule has 3 heterocycles. The van der Waals surface area contributed by atoms with Crippen molar-refractivity contribution < 1.29 is 19.1 Å². The lowest BCUT2D eigenvalue weighted by atomic mass is 9.91. The first-order valence-electron chi connectivity index (χ1n) is 14.1. The second-order valence-corrected chi connectivity index (χ2v) is 12.6. The van der Waals surface area contributed by atoms with Gasteiger partial charge in [-0.2, -0.15) is 0 Å². The van der Waals surface area contributed by atoms with E-state index in [1.54, 1.807) is 16.2 Å². The zero-order valence-corrected chi connectivity index (χ0v) is 25.5. The topological polar surface area (TPSA) is 118 Å². The summed E-state index contributed by atoms with van der Waals surface area (Å²) in [6, 6.07) is 8.05. The summed E-state index contributed by atoms with van der Waals surface area (Å²) in [7, 11) is 2.02. The van der Waals surface area contributed by atoms with Crippen LogP contribution in [0.2, 0.25) is 0 Å². The van der Waals surface area contributed by atoms with Crippen molar-refractivity contribution >= 4 is 29.6 Å². The highest BCUT2D eigenvalue weighted by molar-refractivity contribution is 7.13. The first-order chi connectivity index (χ1) is 18.9. The van der Waals surface area contributed by atoms with E-state index in [-0.39, 0.29) is 30.0 Å². The summed E-state index contributed by atoms with van der Waals surface area (Å²) in [4.78, 5) is 44.0. The number of amides is 2. The fourth-order valence-electron chi connectivity index (χ4n) is 5.04. The quantitative estimate of drug-likeness (QED) is 0.489. The molecular weight excluding hydrogens is 526 g/mol. The number of rotatable bonds is 6. The van der Waals surface area contributed by atoms with Gasteiger partial charge < -0.3 is 25.5 Å². The van der Waals surface area contributed by atoms with Crippen molar-refractivity contribution in [3.63, 3.8) is 0 Å². The molecule has 4 rings (SSSR count). The molecule has 40 heavy (non-hydrogen) atoms. The van der Waals surface area contributed by atoms with Crippen LogP contribution in [0.4, 0.5) is 4.79 Å². The average molecular weight is 572 g/mol. The molecule has 1 aromatic heterocycles. The third-order valence-electron chi connectivity index (χ3n) is 7.49. The van der Waals surface area contributed by atoms with Gasteiger partial charge in [-0.05, 0) is 90.9 Å². The Balaban J connectivity index is 0.000000232. The van der Waals surface area contributed by atoms with Crippen LogP contribution < -0.4 is 11.1 Å². The van der Waals surface area contributed by atoms with Crippen LogP contribution in [-0.4, -0.2) is 77.4 Å². The zero-order chi connectivity index (χ0) is 29.4. The van der Waals surface area contributed by atoms with Crippen molar-refractivity contribution in [2.75, 3.05) is 26.7 Å². The number of aldehydes is 1. The molecule has 3 N–H and O–H groups in total. The first-order valence-corrected chi connectivity index (χ1v) is 15.0. The van der Waals surface area contributed by atoms with Gasteiger partial charge in [0, 0.05) is 13.1 Å².